The number of ether oxygens (including phenoxy) is 3. The van der Waals surface area contributed by atoms with Crippen LogP contribution in [0.4, 0.5) is 11.5 Å². The summed E-state index contributed by atoms with van der Waals surface area (Å²) >= 11 is 1.54. The van der Waals surface area contributed by atoms with Gasteiger partial charge in [0.25, 0.3) is 5.91 Å². The van der Waals surface area contributed by atoms with Crippen molar-refractivity contribution in [2.45, 2.75) is 24.3 Å². The monoisotopic (exact) mass is 586 g/mol. The third kappa shape index (κ3) is 8.01. The van der Waals surface area contributed by atoms with Crippen molar-refractivity contribution in [3.05, 3.63) is 101 Å². The number of nitrogens with zero attached hydrogens (tertiary/aromatic N) is 3. The molecule has 218 valence electrons. The Morgan fingerprint density at radius 2 is 1.60 bits per heavy atom. The molecule has 1 amide bonds. The number of thioether (sulfide) groups is 1. The molecule has 0 radical (unpaired) electrons. The van der Waals surface area contributed by atoms with Gasteiger partial charge in [0, 0.05) is 42.4 Å². The number of hydrogen-bond donors (Lipinski definition) is 1. The molecule has 9 nitrogen and oxygen atoms in total. The lowest BCUT2D eigenvalue weighted by Gasteiger charge is -2.19. The fourth-order valence-corrected chi connectivity index (χ4v) is 5.03. The minimum absolute atomic E-state index is 0.265. The van der Waals surface area contributed by atoms with Gasteiger partial charge in [-0.1, -0.05) is 36.0 Å². The van der Waals surface area contributed by atoms with Crippen LogP contribution in [0.15, 0.2) is 78.0 Å². The number of anilines is 2. The maximum absolute atomic E-state index is 12.7. The fourth-order valence-electron chi connectivity index (χ4n) is 4.18. The summed E-state index contributed by atoms with van der Waals surface area (Å²) in [5.41, 5.74) is 4.47. The molecule has 3 aromatic carbocycles. The van der Waals surface area contributed by atoms with Crippen LogP contribution in [0.25, 0.3) is 0 Å². The predicted molar refractivity (Wildman–Crippen MR) is 165 cm³/mol. The van der Waals surface area contributed by atoms with Crippen LogP contribution in [-0.2, 0) is 16.9 Å². The molecular formula is C32H34N4O5S. The molecule has 0 spiro atoms. The molecule has 0 saturated carbocycles. The summed E-state index contributed by atoms with van der Waals surface area (Å²) in [5.74, 6) is 2.21. The van der Waals surface area contributed by atoms with E-state index in [1.54, 1.807) is 62.4 Å². The molecule has 0 aliphatic rings. The number of carbonyl (C=O) groups excluding carboxylic acids is 2. The summed E-state index contributed by atoms with van der Waals surface area (Å²) in [5, 5.41) is 3.51. The van der Waals surface area contributed by atoms with Crippen molar-refractivity contribution in [1.82, 2.24) is 9.97 Å². The third-order valence-corrected chi connectivity index (χ3v) is 7.44. The first-order chi connectivity index (χ1) is 20.3. The number of amides is 1. The Kier molecular flexibility index (Phi) is 10.4. The topological polar surface area (TPSA) is 103 Å². The van der Waals surface area contributed by atoms with Crippen molar-refractivity contribution < 1.29 is 23.8 Å². The normalized spacial score (nSPS) is 10.6. The standard InChI is InChI=1S/C32H34N4O5S/c1-21-17-29(36(2)16-15-22-11-14-27(39-3)28(18-22)40-4)35-32(33-21)42-20-23-9-12-24(13-10-23)30(37)34-26-8-6-7-25(19-26)31(38)41-5/h6-14,17-19H,15-16,20H2,1-5H3,(H,34,37). The number of aromatic nitrogens is 2. The van der Waals surface area contributed by atoms with Gasteiger partial charge < -0.3 is 24.4 Å². The molecule has 0 aliphatic heterocycles. The molecule has 1 heterocycles. The van der Waals surface area contributed by atoms with Crippen LogP contribution in [-0.4, -0.2) is 56.8 Å². The Morgan fingerprint density at radius 1 is 0.857 bits per heavy atom. The Morgan fingerprint density at radius 3 is 2.31 bits per heavy atom. The molecule has 10 heteroatoms. The van der Waals surface area contributed by atoms with E-state index in [0.717, 1.165) is 35.6 Å². The van der Waals surface area contributed by atoms with Crippen LogP contribution in [0.3, 0.4) is 0 Å². The van der Waals surface area contributed by atoms with Crippen molar-refractivity contribution in [2.24, 2.45) is 0 Å². The lowest BCUT2D eigenvalue weighted by molar-refractivity contribution is 0.0600. The molecule has 1 aromatic heterocycles. The van der Waals surface area contributed by atoms with Gasteiger partial charge in [-0.05, 0) is 66.9 Å². The highest BCUT2D eigenvalue weighted by Gasteiger charge is 2.12. The average molecular weight is 587 g/mol. The van der Waals surface area contributed by atoms with E-state index in [1.165, 1.54) is 7.11 Å². The zero-order valence-corrected chi connectivity index (χ0v) is 25.2. The highest BCUT2D eigenvalue weighted by Crippen LogP contribution is 2.28. The lowest BCUT2D eigenvalue weighted by atomic mass is 10.1. The zero-order valence-electron chi connectivity index (χ0n) is 24.3. The second kappa shape index (κ2) is 14.4. The summed E-state index contributed by atoms with van der Waals surface area (Å²) in [6, 6.07) is 21.9. The number of hydrogen-bond acceptors (Lipinski definition) is 9. The smallest absolute Gasteiger partial charge is 0.337 e. The van der Waals surface area contributed by atoms with E-state index in [4.69, 9.17) is 19.2 Å². The van der Waals surface area contributed by atoms with E-state index in [0.29, 0.717) is 39.2 Å². The van der Waals surface area contributed by atoms with E-state index >= 15 is 0 Å². The second-order valence-corrected chi connectivity index (χ2v) is 10.5. The van der Waals surface area contributed by atoms with Gasteiger partial charge in [-0.3, -0.25) is 4.79 Å². The van der Waals surface area contributed by atoms with E-state index < -0.39 is 5.97 Å². The summed E-state index contributed by atoms with van der Waals surface area (Å²) in [7, 11) is 6.60. The molecule has 42 heavy (non-hydrogen) atoms. The number of esters is 1. The lowest BCUT2D eigenvalue weighted by Crippen LogP contribution is -2.22. The highest BCUT2D eigenvalue weighted by atomic mass is 32.2. The molecule has 4 aromatic rings. The number of benzene rings is 3. The SMILES string of the molecule is COC(=O)c1cccc(NC(=O)c2ccc(CSc3nc(C)cc(N(C)CCc4ccc(OC)c(OC)c4)n3)cc2)c1. The molecular weight excluding hydrogens is 552 g/mol. The van der Waals surface area contributed by atoms with E-state index in [2.05, 4.69) is 15.2 Å². The van der Waals surface area contributed by atoms with Crippen molar-refractivity contribution in [3.63, 3.8) is 0 Å². The Balaban J connectivity index is 1.34. The number of rotatable bonds is 12. The molecule has 0 aliphatic carbocycles. The molecule has 1 N–H and O–H groups in total. The van der Waals surface area contributed by atoms with Crippen molar-refractivity contribution in [1.29, 1.82) is 0 Å². The van der Waals surface area contributed by atoms with Gasteiger partial charge in [-0.2, -0.15) is 0 Å². The van der Waals surface area contributed by atoms with Crippen molar-refractivity contribution >= 4 is 35.1 Å². The first-order valence-corrected chi connectivity index (χ1v) is 14.3. The third-order valence-electron chi connectivity index (χ3n) is 6.52. The van der Waals surface area contributed by atoms with Crippen LogP contribution in [0, 0.1) is 6.92 Å². The first-order valence-electron chi connectivity index (χ1n) is 13.3. The van der Waals surface area contributed by atoms with Crippen LogP contribution in [0.5, 0.6) is 11.5 Å². The van der Waals surface area contributed by atoms with Crippen LogP contribution in [0.1, 0.15) is 37.5 Å². The minimum Gasteiger partial charge on any atom is -0.493 e. The molecule has 0 atom stereocenters. The first kappa shape index (κ1) is 30.4. The van der Waals surface area contributed by atoms with Gasteiger partial charge in [0.15, 0.2) is 16.7 Å². The molecule has 0 bridgehead atoms. The fraction of sp³-hybridized carbons (Fsp3) is 0.250. The van der Waals surface area contributed by atoms with Gasteiger partial charge in [0.05, 0.1) is 26.9 Å². The van der Waals surface area contributed by atoms with Gasteiger partial charge in [0.1, 0.15) is 5.82 Å². The van der Waals surface area contributed by atoms with Crippen molar-refractivity contribution in [2.75, 3.05) is 45.1 Å². The number of likely N-dealkylation sites (N-methyl/N-ethyl adjacent to an activating group) is 1. The largest absolute Gasteiger partial charge is 0.493 e. The van der Waals surface area contributed by atoms with E-state index in [9.17, 15) is 9.59 Å². The quantitative estimate of drug-likeness (QED) is 0.125. The number of carbonyl (C=O) groups is 2. The number of aryl methyl sites for hydroxylation is 1. The van der Waals surface area contributed by atoms with E-state index in [1.807, 2.05) is 50.4 Å². The zero-order chi connectivity index (χ0) is 30.1. The summed E-state index contributed by atoms with van der Waals surface area (Å²) in [4.78, 5) is 36.0. The van der Waals surface area contributed by atoms with Crippen molar-refractivity contribution in [3.8, 4) is 11.5 Å². The second-order valence-electron chi connectivity index (χ2n) is 9.52. The van der Waals surface area contributed by atoms with Crippen LogP contribution < -0.4 is 19.7 Å². The summed E-state index contributed by atoms with van der Waals surface area (Å²) in [6.45, 7) is 2.73. The maximum Gasteiger partial charge on any atom is 0.337 e. The molecule has 0 unspecified atom stereocenters. The number of nitrogens with one attached hydrogen (secondary N) is 1. The maximum atomic E-state index is 12.7. The summed E-state index contributed by atoms with van der Waals surface area (Å²) in [6.07, 6.45) is 0.818. The van der Waals surface area contributed by atoms with Gasteiger partial charge in [-0.15, -0.1) is 0 Å². The van der Waals surface area contributed by atoms with Crippen LogP contribution in [0.2, 0.25) is 0 Å². The van der Waals surface area contributed by atoms with Gasteiger partial charge >= 0.3 is 5.97 Å². The molecule has 0 saturated heterocycles. The minimum atomic E-state index is -0.459. The predicted octanol–water partition coefficient (Wildman–Crippen LogP) is 5.81. The summed E-state index contributed by atoms with van der Waals surface area (Å²) < 4.78 is 15.5. The Labute approximate surface area is 250 Å². The van der Waals surface area contributed by atoms with Gasteiger partial charge in [0.2, 0.25) is 0 Å². The van der Waals surface area contributed by atoms with Crippen LogP contribution >= 0.6 is 11.8 Å². The Bertz CT molecular complexity index is 1540. The highest BCUT2D eigenvalue weighted by molar-refractivity contribution is 7.98. The average Bonchev–Trinajstić information content (AvgIpc) is 3.02. The molecule has 0 fully saturated rings. The van der Waals surface area contributed by atoms with Gasteiger partial charge in [-0.25, -0.2) is 14.8 Å². The Hall–Kier alpha value is -4.57. The number of methoxy groups -OCH3 is 3. The van der Waals surface area contributed by atoms with E-state index in [-0.39, 0.29) is 5.91 Å². The molecule has 4 rings (SSSR count).